The molecule has 2 aromatic carbocycles. The molecule has 1 aliphatic rings. The van der Waals surface area contributed by atoms with E-state index < -0.39 is 0 Å². The van der Waals surface area contributed by atoms with Gasteiger partial charge in [0.25, 0.3) is 0 Å². The fraction of sp³-hybridized carbons (Fsp3) is 0.182. The third-order valence-electron chi connectivity index (χ3n) is 4.46. The van der Waals surface area contributed by atoms with E-state index in [-0.39, 0.29) is 5.97 Å². The molecule has 0 radical (unpaired) electrons. The van der Waals surface area contributed by atoms with Crippen LogP contribution in [0.2, 0.25) is 0 Å². The number of rotatable bonds is 5. The molecule has 4 rings (SSSR count). The molecule has 0 amide bonds. The maximum atomic E-state index is 12.6. The van der Waals surface area contributed by atoms with Gasteiger partial charge in [-0.25, -0.2) is 4.79 Å². The second kappa shape index (κ2) is 8.45. The number of ether oxygens (including phenoxy) is 1. The van der Waals surface area contributed by atoms with Crippen molar-refractivity contribution in [1.82, 2.24) is 14.9 Å². The highest BCUT2D eigenvalue weighted by molar-refractivity contribution is 7.99. The van der Waals surface area contributed by atoms with Crippen molar-refractivity contribution in [2.75, 3.05) is 12.4 Å². The van der Waals surface area contributed by atoms with Gasteiger partial charge >= 0.3 is 5.97 Å². The van der Waals surface area contributed by atoms with E-state index in [9.17, 15) is 4.79 Å². The monoisotopic (exact) mass is 404 g/mol. The summed E-state index contributed by atoms with van der Waals surface area (Å²) in [5.74, 6) is 0.832. The van der Waals surface area contributed by atoms with Crippen LogP contribution in [-0.2, 0) is 9.53 Å². The van der Waals surface area contributed by atoms with Crippen molar-refractivity contribution in [2.24, 2.45) is 5.10 Å². The minimum Gasteiger partial charge on any atom is -0.462 e. The molecular formula is C22H20N4O2S. The average Bonchev–Trinajstić information content (AvgIpc) is 3.13. The average molecular weight is 404 g/mol. The van der Waals surface area contributed by atoms with Gasteiger partial charge < -0.3 is 4.74 Å². The lowest BCUT2D eigenvalue weighted by atomic mass is 10.0. The molecule has 29 heavy (non-hydrogen) atoms. The Balaban J connectivity index is 1.69. The van der Waals surface area contributed by atoms with Crippen LogP contribution in [0.3, 0.4) is 0 Å². The van der Waals surface area contributed by atoms with Gasteiger partial charge in [-0.15, -0.1) is 10.2 Å². The summed E-state index contributed by atoms with van der Waals surface area (Å²) in [6.45, 7) is 3.93. The van der Waals surface area contributed by atoms with Gasteiger partial charge in [-0.1, -0.05) is 66.4 Å². The smallest absolute Gasteiger partial charge is 0.340 e. The van der Waals surface area contributed by atoms with E-state index in [2.05, 4.69) is 27.4 Å². The molecule has 0 unspecified atom stereocenters. The zero-order valence-electron chi connectivity index (χ0n) is 16.2. The maximum absolute atomic E-state index is 12.6. The highest BCUT2D eigenvalue weighted by Crippen LogP contribution is 2.26. The molecule has 0 atom stereocenters. The molecule has 1 aromatic heterocycles. The number of fused-ring (bicyclic) bond motifs is 1. The molecule has 0 fully saturated rings. The third kappa shape index (κ3) is 4.14. The Morgan fingerprint density at radius 2 is 1.83 bits per heavy atom. The van der Waals surface area contributed by atoms with Crippen LogP contribution in [0.4, 0.5) is 0 Å². The van der Waals surface area contributed by atoms with E-state index in [0.29, 0.717) is 29.5 Å². The molecule has 0 aliphatic carbocycles. The number of hydrogen-bond donors (Lipinski definition) is 0. The summed E-state index contributed by atoms with van der Waals surface area (Å²) >= 11 is 1.50. The van der Waals surface area contributed by atoms with Crippen molar-refractivity contribution in [2.45, 2.75) is 19.0 Å². The second-order valence-electron chi connectivity index (χ2n) is 6.44. The first-order valence-electron chi connectivity index (χ1n) is 9.33. The Bertz CT molecular complexity index is 1090. The number of nitrogens with zero attached hydrogens (tertiary/aromatic N) is 4. The van der Waals surface area contributed by atoms with Gasteiger partial charge in [0, 0.05) is 5.75 Å². The molecular weight excluding hydrogens is 384 g/mol. The standard InChI is InChI=1S/C22H20N4O2S/c1-3-28-21(27)19(20-14-29-22-24-23-15(2)26(22)25-20)13-16-9-11-18(12-10-16)17-7-5-4-6-8-17/h4-13H,3,14H2,1-2H3/b19-13-. The van der Waals surface area contributed by atoms with Crippen molar-refractivity contribution >= 4 is 29.5 Å². The molecule has 0 saturated heterocycles. The van der Waals surface area contributed by atoms with Crippen LogP contribution in [0.15, 0.2) is 70.4 Å². The Kier molecular flexibility index (Phi) is 5.57. The summed E-state index contributed by atoms with van der Waals surface area (Å²) in [5, 5.41) is 13.4. The predicted octanol–water partition coefficient (Wildman–Crippen LogP) is 4.21. The number of benzene rings is 2. The third-order valence-corrected chi connectivity index (χ3v) is 5.39. The number of thioether (sulfide) groups is 1. The van der Waals surface area contributed by atoms with Gasteiger partial charge in [0.2, 0.25) is 5.16 Å². The molecule has 2 heterocycles. The number of aryl methyl sites for hydroxylation is 1. The van der Waals surface area contributed by atoms with Gasteiger partial charge in [0.1, 0.15) is 0 Å². The normalized spacial score (nSPS) is 13.6. The molecule has 0 spiro atoms. The zero-order valence-corrected chi connectivity index (χ0v) is 17.0. The van der Waals surface area contributed by atoms with E-state index in [4.69, 9.17) is 4.74 Å². The Labute approximate surface area is 173 Å². The summed E-state index contributed by atoms with van der Waals surface area (Å²) < 4.78 is 6.95. The lowest BCUT2D eigenvalue weighted by Gasteiger charge is -2.15. The lowest BCUT2D eigenvalue weighted by Crippen LogP contribution is -2.21. The highest BCUT2D eigenvalue weighted by atomic mass is 32.2. The van der Waals surface area contributed by atoms with Crippen molar-refractivity contribution in [3.05, 3.63) is 71.6 Å². The molecule has 146 valence electrons. The lowest BCUT2D eigenvalue weighted by molar-refractivity contribution is -0.137. The number of esters is 1. The van der Waals surface area contributed by atoms with Crippen molar-refractivity contribution < 1.29 is 9.53 Å². The molecule has 7 heteroatoms. The van der Waals surface area contributed by atoms with E-state index in [1.807, 2.05) is 55.5 Å². The number of carbonyl (C=O) groups excluding carboxylic acids is 1. The Hall–Kier alpha value is -3.19. The van der Waals surface area contributed by atoms with Gasteiger partial charge in [-0.3, -0.25) is 0 Å². The van der Waals surface area contributed by atoms with Crippen LogP contribution in [0.5, 0.6) is 0 Å². The SMILES string of the molecule is CCOC(=O)/C(=C\c1ccc(-c2ccccc2)cc1)C1=Nn2c(C)nnc2SC1. The van der Waals surface area contributed by atoms with Crippen LogP contribution in [0.25, 0.3) is 17.2 Å². The van der Waals surface area contributed by atoms with Crippen LogP contribution < -0.4 is 0 Å². The zero-order chi connectivity index (χ0) is 20.2. The second-order valence-corrected chi connectivity index (χ2v) is 7.39. The van der Waals surface area contributed by atoms with Gasteiger partial charge in [0.05, 0.1) is 17.9 Å². The number of aromatic nitrogens is 3. The predicted molar refractivity (Wildman–Crippen MR) is 115 cm³/mol. The summed E-state index contributed by atoms with van der Waals surface area (Å²) in [6.07, 6.45) is 1.83. The summed E-state index contributed by atoms with van der Waals surface area (Å²) in [4.78, 5) is 12.6. The minimum absolute atomic E-state index is 0.306. The fourth-order valence-corrected chi connectivity index (χ4v) is 3.87. The summed E-state index contributed by atoms with van der Waals surface area (Å²) in [5.41, 5.74) is 4.28. The minimum atomic E-state index is -0.381. The number of hydrogen-bond acceptors (Lipinski definition) is 6. The number of carbonyl (C=O) groups is 1. The molecule has 3 aromatic rings. The van der Waals surface area contributed by atoms with Crippen LogP contribution in [-0.4, -0.2) is 38.9 Å². The topological polar surface area (TPSA) is 69.4 Å². The van der Waals surface area contributed by atoms with Crippen LogP contribution in [0, 0.1) is 6.92 Å². The van der Waals surface area contributed by atoms with E-state index in [1.54, 1.807) is 11.6 Å². The van der Waals surface area contributed by atoms with E-state index >= 15 is 0 Å². The largest absolute Gasteiger partial charge is 0.462 e. The first kappa shape index (κ1) is 19.1. The maximum Gasteiger partial charge on any atom is 0.340 e. The molecule has 1 aliphatic heterocycles. The first-order valence-corrected chi connectivity index (χ1v) is 10.3. The van der Waals surface area contributed by atoms with Gasteiger partial charge in [-0.05, 0) is 36.6 Å². The highest BCUT2D eigenvalue weighted by Gasteiger charge is 2.24. The Morgan fingerprint density at radius 3 is 2.55 bits per heavy atom. The molecule has 0 saturated carbocycles. The van der Waals surface area contributed by atoms with Crippen molar-refractivity contribution in [1.29, 1.82) is 0 Å². The summed E-state index contributed by atoms with van der Waals surface area (Å²) in [7, 11) is 0. The Morgan fingerprint density at radius 1 is 1.10 bits per heavy atom. The van der Waals surface area contributed by atoms with E-state index in [0.717, 1.165) is 21.8 Å². The summed E-state index contributed by atoms with van der Waals surface area (Å²) in [6, 6.07) is 18.3. The molecule has 0 N–H and O–H groups in total. The van der Waals surface area contributed by atoms with Crippen LogP contribution >= 0.6 is 11.8 Å². The van der Waals surface area contributed by atoms with Gasteiger partial charge in [0.15, 0.2) is 5.82 Å². The van der Waals surface area contributed by atoms with Crippen molar-refractivity contribution in [3.63, 3.8) is 0 Å². The molecule has 6 nitrogen and oxygen atoms in total. The van der Waals surface area contributed by atoms with E-state index in [1.165, 1.54) is 11.8 Å². The van der Waals surface area contributed by atoms with Gasteiger partial charge in [-0.2, -0.15) is 9.78 Å². The van der Waals surface area contributed by atoms with Crippen LogP contribution in [0.1, 0.15) is 18.3 Å². The first-order chi connectivity index (χ1) is 14.2. The van der Waals surface area contributed by atoms with Crippen molar-refractivity contribution in [3.8, 4) is 11.1 Å². The molecule has 0 bridgehead atoms. The fourth-order valence-electron chi connectivity index (χ4n) is 3.00. The quantitative estimate of drug-likeness (QED) is 0.471.